The van der Waals surface area contributed by atoms with Gasteiger partial charge in [0.05, 0.1) is 6.21 Å². The Morgan fingerprint density at radius 2 is 2.12 bits per heavy atom. The Kier molecular flexibility index (Phi) is 4.71. The zero-order valence-corrected chi connectivity index (χ0v) is 14.4. The number of hydrogen-bond acceptors (Lipinski definition) is 5. The molecule has 0 aromatic heterocycles. The summed E-state index contributed by atoms with van der Waals surface area (Å²) in [5.74, 6) is 0.821. The first-order valence-corrected chi connectivity index (χ1v) is 8.04. The molecule has 0 spiro atoms. The van der Waals surface area contributed by atoms with Crippen molar-refractivity contribution in [3.63, 3.8) is 0 Å². The van der Waals surface area contributed by atoms with Gasteiger partial charge in [0.2, 0.25) is 6.10 Å². The molecule has 7 heteroatoms. The molecule has 0 saturated carbocycles. The molecule has 6 nitrogen and oxygen atoms in total. The first-order chi connectivity index (χ1) is 11.5. The van der Waals surface area contributed by atoms with Crippen LogP contribution in [0.4, 0.5) is 0 Å². The van der Waals surface area contributed by atoms with Gasteiger partial charge in [0, 0.05) is 10.0 Å². The highest BCUT2D eigenvalue weighted by atomic mass is 79.9. The quantitative estimate of drug-likeness (QED) is 0.623. The van der Waals surface area contributed by atoms with Crippen molar-refractivity contribution in [2.24, 2.45) is 5.10 Å². The minimum Gasteiger partial charge on any atom is -0.507 e. The van der Waals surface area contributed by atoms with Crippen molar-refractivity contribution >= 4 is 28.1 Å². The molecule has 0 unspecified atom stereocenters. The van der Waals surface area contributed by atoms with Crippen LogP contribution >= 0.6 is 15.9 Å². The molecule has 2 aromatic carbocycles. The van der Waals surface area contributed by atoms with E-state index in [9.17, 15) is 9.90 Å². The van der Waals surface area contributed by atoms with Crippen molar-refractivity contribution in [1.29, 1.82) is 0 Å². The number of halogens is 1. The average Bonchev–Trinajstić information content (AvgIpc) is 2.58. The van der Waals surface area contributed by atoms with Crippen LogP contribution in [0.3, 0.4) is 0 Å². The number of hydrazone groups is 1. The highest BCUT2D eigenvalue weighted by Crippen LogP contribution is 2.30. The minimum atomic E-state index is -0.783. The Balaban J connectivity index is 1.64. The lowest BCUT2D eigenvalue weighted by Crippen LogP contribution is -2.42. The van der Waals surface area contributed by atoms with Crippen molar-refractivity contribution in [3.8, 4) is 17.2 Å². The predicted molar refractivity (Wildman–Crippen MR) is 92.6 cm³/mol. The number of nitrogens with zero attached hydrogens (tertiary/aromatic N) is 1. The molecule has 0 fully saturated rings. The monoisotopic (exact) mass is 390 g/mol. The maximum absolute atomic E-state index is 12.1. The number of aromatic hydroxyl groups is 1. The fraction of sp³-hybridized carbons (Fsp3) is 0.176. The number of fused-ring (bicyclic) bond motifs is 1. The van der Waals surface area contributed by atoms with Crippen LogP contribution in [0.15, 0.2) is 46.0 Å². The summed E-state index contributed by atoms with van der Waals surface area (Å²) in [6, 6.07) is 10.6. The number of para-hydroxylation sites is 2. The summed E-state index contributed by atoms with van der Waals surface area (Å²) in [7, 11) is 0. The second kappa shape index (κ2) is 6.92. The third-order valence-electron chi connectivity index (χ3n) is 3.47. The molecule has 0 radical (unpaired) electrons. The zero-order valence-electron chi connectivity index (χ0n) is 12.8. The molecule has 2 N–H and O–H groups in total. The summed E-state index contributed by atoms with van der Waals surface area (Å²) < 4.78 is 11.9. The number of benzene rings is 2. The van der Waals surface area contributed by atoms with Crippen LogP contribution in [-0.2, 0) is 4.79 Å². The number of nitrogens with one attached hydrogen (secondary N) is 1. The Labute approximate surface area is 147 Å². The van der Waals surface area contributed by atoms with Gasteiger partial charge < -0.3 is 14.6 Å². The van der Waals surface area contributed by atoms with E-state index in [1.54, 1.807) is 37.3 Å². The van der Waals surface area contributed by atoms with Crippen LogP contribution in [0.1, 0.15) is 11.1 Å². The van der Waals surface area contributed by atoms with E-state index in [0.29, 0.717) is 22.6 Å². The van der Waals surface area contributed by atoms with Crippen LogP contribution in [0, 0.1) is 6.92 Å². The van der Waals surface area contributed by atoms with Gasteiger partial charge in [-0.25, -0.2) is 5.43 Å². The molecule has 1 heterocycles. The lowest BCUT2D eigenvalue weighted by atomic mass is 10.1. The van der Waals surface area contributed by atoms with Gasteiger partial charge in [0.15, 0.2) is 11.5 Å². The highest BCUT2D eigenvalue weighted by Gasteiger charge is 2.26. The number of carbonyl (C=O) groups excluding carboxylic acids is 1. The van der Waals surface area contributed by atoms with Crippen molar-refractivity contribution in [2.75, 3.05) is 6.61 Å². The predicted octanol–water partition coefficient (Wildman–Crippen LogP) is 2.75. The molecular formula is C17H15BrN2O4. The first kappa shape index (κ1) is 16.3. The van der Waals surface area contributed by atoms with Crippen LogP contribution in [-0.4, -0.2) is 29.9 Å². The highest BCUT2D eigenvalue weighted by molar-refractivity contribution is 9.10. The summed E-state index contributed by atoms with van der Waals surface area (Å²) in [5.41, 5.74) is 3.60. The van der Waals surface area contributed by atoms with E-state index in [1.165, 1.54) is 6.21 Å². The molecule has 1 aliphatic heterocycles. The number of hydrogen-bond donors (Lipinski definition) is 2. The van der Waals surface area contributed by atoms with Gasteiger partial charge in [0.25, 0.3) is 5.91 Å². The van der Waals surface area contributed by atoms with Gasteiger partial charge in [-0.2, -0.15) is 5.10 Å². The molecule has 1 atom stereocenters. The lowest BCUT2D eigenvalue weighted by Gasteiger charge is -2.24. The van der Waals surface area contributed by atoms with Gasteiger partial charge in [0.1, 0.15) is 12.4 Å². The van der Waals surface area contributed by atoms with Crippen LogP contribution in [0.5, 0.6) is 17.2 Å². The van der Waals surface area contributed by atoms with Crippen molar-refractivity contribution < 1.29 is 19.4 Å². The van der Waals surface area contributed by atoms with Crippen molar-refractivity contribution in [3.05, 3.63) is 52.0 Å². The molecule has 2 aromatic rings. The third kappa shape index (κ3) is 3.51. The minimum absolute atomic E-state index is 0.111. The van der Waals surface area contributed by atoms with E-state index < -0.39 is 12.0 Å². The summed E-state index contributed by atoms with van der Waals surface area (Å²) in [4.78, 5) is 12.1. The third-order valence-corrected chi connectivity index (χ3v) is 3.93. The number of rotatable bonds is 3. The number of carbonyl (C=O) groups is 1. The summed E-state index contributed by atoms with van der Waals surface area (Å²) in [5, 5.41) is 13.9. The second-order valence-electron chi connectivity index (χ2n) is 5.26. The first-order valence-electron chi connectivity index (χ1n) is 7.25. The Morgan fingerprint density at radius 1 is 1.38 bits per heavy atom. The Hall–Kier alpha value is -2.54. The molecule has 24 heavy (non-hydrogen) atoms. The molecule has 0 aliphatic carbocycles. The fourth-order valence-electron chi connectivity index (χ4n) is 2.25. The smallest absolute Gasteiger partial charge is 0.284 e. The Bertz CT molecular complexity index is 807. The van der Waals surface area contributed by atoms with Crippen LogP contribution < -0.4 is 14.9 Å². The molecule has 1 aliphatic rings. The van der Waals surface area contributed by atoms with E-state index in [1.807, 2.05) is 6.07 Å². The average molecular weight is 391 g/mol. The molecule has 1 amide bonds. The summed E-state index contributed by atoms with van der Waals surface area (Å²) in [6.07, 6.45) is 0.595. The Morgan fingerprint density at radius 3 is 2.92 bits per heavy atom. The van der Waals surface area contributed by atoms with Crippen molar-refractivity contribution in [2.45, 2.75) is 13.0 Å². The number of phenols is 1. The van der Waals surface area contributed by atoms with Gasteiger partial charge in [-0.15, -0.1) is 0 Å². The second-order valence-corrected chi connectivity index (χ2v) is 6.17. The summed E-state index contributed by atoms with van der Waals surface area (Å²) in [6.45, 7) is 1.89. The molecule has 3 rings (SSSR count). The molecular weight excluding hydrogens is 376 g/mol. The van der Waals surface area contributed by atoms with E-state index in [-0.39, 0.29) is 12.4 Å². The fourth-order valence-corrected chi connectivity index (χ4v) is 2.84. The van der Waals surface area contributed by atoms with E-state index >= 15 is 0 Å². The normalized spacial score (nSPS) is 16.2. The van der Waals surface area contributed by atoms with Crippen LogP contribution in [0.2, 0.25) is 0 Å². The SMILES string of the molecule is Cc1cc(Br)cc(/C=N\NC(=O)[C@@H]2COc3ccccc3O2)c1O. The molecule has 124 valence electrons. The maximum Gasteiger partial charge on any atom is 0.284 e. The summed E-state index contributed by atoms with van der Waals surface area (Å²) >= 11 is 3.35. The maximum atomic E-state index is 12.1. The number of amides is 1. The van der Waals surface area contributed by atoms with E-state index in [4.69, 9.17) is 9.47 Å². The standard InChI is InChI=1S/C17H15BrN2O4/c1-10-6-12(18)7-11(16(10)21)8-19-20-17(22)15-9-23-13-4-2-3-5-14(13)24-15/h2-8,15,21H,9H2,1H3,(H,20,22)/b19-8-/t15-/m0/s1. The molecule has 0 saturated heterocycles. The number of phenolic OH excluding ortho intramolecular Hbond substituents is 1. The number of aryl methyl sites for hydroxylation is 1. The number of ether oxygens (including phenoxy) is 2. The van der Waals surface area contributed by atoms with E-state index in [0.717, 1.165) is 4.47 Å². The zero-order chi connectivity index (χ0) is 17.1. The van der Waals surface area contributed by atoms with Crippen LogP contribution in [0.25, 0.3) is 0 Å². The van der Waals surface area contributed by atoms with Gasteiger partial charge in [-0.05, 0) is 36.8 Å². The lowest BCUT2D eigenvalue weighted by molar-refractivity contribution is -0.130. The van der Waals surface area contributed by atoms with Gasteiger partial charge in [-0.3, -0.25) is 4.79 Å². The van der Waals surface area contributed by atoms with E-state index in [2.05, 4.69) is 26.5 Å². The largest absolute Gasteiger partial charge is 0.507 e. The van der Waals surface area contributed by atoms with Crippen molar-refractivity contribution in [1.82, 2.24) is 5.43 Å². The topological polar surface area (TPSA) is 80.2 Å². The van der Waals surface area contributed by atoms with Gasteiger partial charge >= 0.3 is 0 Å². The molecule has 0 bridgehead atoms. The van der Waals surface area contributed by atoms with Gasteiger partial charge in [-0.1, -0.05) is 28.1 Å².